The number of rotatable bonds is 4. The van der Waals surface area contributed by atoms with Gasteiger partial charge in [0, 0.05) is 36.7 Å². The van der Waals surface area contributed by atoms with Crippen LogP contribution in [0.3, 0.4) is 0 Å². The Morgan fingerprint density at radius 1 is 1.39 bits per heavy atom. The second-order valence-corrected chi connectivity index (χ2v) is 6.64. The fourth-order valence-electron chi connectivity index (χ4n) is 2.80. The van der Waals surface area contributed by atoms with Crippen LogP contribution >= 0.6 is 11.3 Å². The van der Waals surface area contributed by atoms with Crippen molar-refractivity contribution >= 4 is 23.0 Å². The van der Waals surface area contributed by atoms with Gasteiger partial charge in [-0.05, 0) is 25.5 Å². The van der Waals surface area contributed by atoms with Gasteiger partial charge in [0.05, 0.1) is 17.7 Å². The lowest BCUT2D eigenvalue weighted by Crippen LogP contribution is -2.44. The molecule has 3 rings (SSSR count). The number of nitrogens with zero attached hydrogens (tertiary/aromatic N) is 3. The largest absolute Gasteiger partial charge is 0.369 e. The Morgan fingerprint density at radius 3 is 2.91 bits per heavy atom. The lowest BCUT2D eigenvalue weighted by molar-refractivity contribution is 0.649. The van der Waals surface area contributed by atoms with Crippen LogP contribution < -0.4 is 15.5 Å². The maximum Gasteiger partial charge on any atom is 0.191 e. The van der Waals surface area contributed by atoms with Crippen LogP contribution in [0.5, 0.6) is 0 Å². The molecule has 2 heterocycles. The van der Waals surface area contributed by atoms with Crippen LogP contribution in [0.25, 0.3) is 0 Å². The molecule has 1 atom stereocenters. The number of hydrogen-bond donors (Lipinski definition) is 2. The lowest BCUT2D eigenvalue weighted by Gasteiger charge is -2.20. The minimum absolute atomic E-state index is 0.420. The van der Waals surface area contributed by atoms with Crippen molar-refractivity contribution < 1.29 is 0 Å². The molecule has 1 aromatic heterocycles. The second-order valence-electron chi connectivity index (χ2n) is 5.70. The van der Waals surface area contributed by atoms with Gasteiger partial charge in [-0.2, -0.15) is 0 Å². The van der Waals surface area contributed by atoms with Gasteiger partial charge in [0.25, 0.3) is 0 Å². The van der Waals surface area contributed by atoms with Gasteiger partial charge in [0.15, 0.2) is 5.96 Å². The summed E-state index contributed by atoms with van der Waals surface area (Å²) in [5, 5.41) is 6.91. The molecule has 1 aliphatic rings. The fraction of sp³-hybridized carbons (Fsp3) is 0.412. The molecule has 0 amide bonds. The van der Waals surface area contributed by atoms with E-state index >= 15 is 0 Å². The molecular weight excluding hydrogens is 306 g/mol. The molecule has 0 aliphatic carbocycles. The van der Waals surface area contributed by atoms with Crippen LogP contribution in [0.1, 0.15) is 17.0 Å². The predicted octanol–water partition coefficient (Wildman–Crippen LogP) is 2.40. The number of aromatic nitrogens is 1. The van der Waals surface area contributed by atoms with E-state index in [0.717, 1.165) is 37.7 Å². The van der Waals surface area contributed by atoms with E-state index in [1.807, 2.05) is 19.5 Å². The van der Waals surface area contributed by atoms with E-state index in [-0.39, 0.29) is 0 Å². The minimum atomic E-state index is 0.420. The highest BCUT2D eigenvalue weighted by Crippen LogP contribution is 2.19. The molecule has 1 aromatic carbocycles. The van der Waals surface area contributed by atoms with E-state index in [1.165, 1.54) is 10.6 Å². The van der Waals surface area contributed by atoms with Crippen molar-refractivity contribution in [1.29, 1.82) is 0 Å². The predicted molar refractivity (Wildman–Crippen MR) is 97.2 cm³/mol. The number of aryl methyl sites for hydroxylation is 1. The molecule has 1 saturated heterocycles. The molecule has 2 aromatic rings. The van der Waals surface area contributed by atoms with Gasteiger partial charge in [0.1, 0.15) is 0 Å². The van der Waals surface area contributed by atoms with Crippen molar-refractivity contribution in [2.75, 3.05) is 25.0 Å². The van der Waals surface area contributed by atoms with Gasteiger partial charge < -0.3 is 15.5 Å². The fourth-order valence-corrected chi connectivity index (χ4v) is 3.52. The highest BCUT2D eigenvalue weighted by molar-refractivity contribution is 7.09. The molecule has 6 heteroatoms. The number of thiazole rings is 1. The van der Waals surface area contributed by atoms with Crippen molar-refractivity contribution in [3.8, 4) is 0 Å². The smallest absolute Gasteiger partial charge is 0.191 e. The van der Waals surface area contributed by atoms with E-state index in [4.69, 9.17) is 0 Å². The molecule has 0 bridgehead atoms. The third kappa shape index (κ3) is 4.01. The topological polar surface area (TPSA) is 52.6 Å². The Labute approximate surface area is 141 Å². The third-order valence-electron chi connectivity index (χ3n) is 4.14. The first-order valence-electron chi connectivity index (χ1n) is 7.92. The Hall–Kier alpha value is -2.08. The van der Waals surface area contributed by atoms with Gasteiger partial charge >= 0.3 is 0 Å². The van der Waals surface area contributed by atoms with Crippen molar-refractivity contribution in [3.63, 3.8) is 0 Å². The van der Waals surface area contributed by atoms with Gasteiger partial charge in [-0.25, -0.2) is 4.98 Å². The Bertz CT molecular complexity index is 652. The summed E-state index contributed by atoms with van der Waals surface area (Å²) in [6, 6.07) is 11.0. The quantitative estimate of drug-likeness (QED) is 0.668. The monoisotopic (exact) mass is 329 g/mol. The number of anilines is 1. The molecule has 1 aliphatic heterocycles. The van der Waals surface area contributed by atoms with Gasteiger partial charge in [-0.3, -0.25) is 4.99 Å². The normalized spacial score (nSPS) is 18.3. The summed E-state index contributed by atoms with van der Waals surface area (Å²) in [5.41, 5.74) is 4.27. The standard InChI is InChI=1S/C17H23N5S/c1-13-16(23-12-20-13)10-19-17(18-2)21-14-8-9-22(11-14)15-6-4-3-5-7-15/h3-7,12,14H,8-11H2,1-2H3,(H2,18,19,21). The average Bonchev–Trinajstić information content (AvgIpc) is 3.21. The SMILES string of the molecule is CN=C(NCc1scnc1C)NC1CCN(c2ccccc2)C1. The number of para-hydroxylation sites is 1. The van der Waals surface area contributed by atoms with E-state index in [1.54, 1.807) is 11.3 Å². The van der Waals surface area contributed by atoms with Crippen LogP contribution in [-0.4, -0.2) is 37.1 Å². The van der Waals surface area contributed by atoms with Crippen LogP contribution in [0, 0.1) is 6.92 Å². The van der Waals surface area contributed by atoms with Gasteiger partial charge in [0.2, 0.25) is 0 Å². The Morgan fingerprint density at radius 2 is 2.22 bits per heavy atom. The van der Waals surface area contributed by atoms with Gasteiger partial charge in [-0.15, -0.1) is 11.3 Å². The number of nitrogens with one attached hydrogen (secondary N) is 2. The highest BCUT2D eigenvalue weighted by atomic mass is 32.1. The third-order valence-corrected chi connectivity index (χ3v) is 5.07. The van der Waals surface area contributed by atoms with Crippen molar-refractivity contribution in [3.05, 3.63) is 46.4 Å². The summed E-state index contributed by atoms with van der Waals surface area (Å²) in [7, 11) is 1.82. The van der Waals surface area contributed by atoms with E-state index in [2.05, 4.69) is 55.8 Å². The zero-order valence-corrected chi connectivity index (χ0v) is 14.4. The summed E-state index contributed by atoms with van der Waals surface area (Å²) in [5.74, 6) is 0.859. The van der Waals surface area contributed by atoms with Crippen LogP contribution in [-0.2, 0) is 6.54 Å². The van der Waals surface area contributed by atoms with Gasteiger partial charge in [-0.1, -0.05) is 18.2 Å². The van der Waals surface area contributed by atoms with Crippen molar-refractivity contribution in [1.82, 2.24) is 15.6 Å². The maximum atomic E-state index is 4.34. The molecule has 1 fully saturated rings. The molecule has 2 N–H and O–H groups in total. The van der Waals surface area contributed by atoms with Crippen LogP contribution in [0.2, 0.25) is 0 Å². The summed E-state index contributed by atoms with van der Waals surface area (Å²) in [4.78, 5) is 12.3. The average molecular weight is 329 g/mol. The molecule has 1 unspecified atom stereocenters. The summed E-state index contributed by atoms with van der Waals surface area (Å²) >= 11 is 1.68. The molecule has 122 valence electrons. The van der Waals surface area contributed by atoms with E-state index < -0.39 is 0 Å². The van der Waals surface area contributed by atoms with E-state index in [0.29, 0.717) is 6.04 Å². The first-order valence-corrected chi connectivity index (χ1v) is 8.80. The number of aliphatic imine (C=N–C) groups is 1. The molecule has 0 radical (unpaired) electrons. The first-order chi connectivity index (χ1) is 11.3. The zero-order valence-electron chi connectivity index (χ0n) is 13.6. The maximum absolute atomic E-state index is 4.34. The Balaban J connectivity index is 1.51. The minimum Gasteiger partial charge on any atom is -0.369 e. The Kier molecular flexibility index (Phi) is 5.12. The summed E-state index contributed by atoms with van der Waals surface area (Å²) in [6.45, 7) is 4.89. The summed E-state index contributed by atoms with van der Waals surface area (Å²) < 4.78 is 0. The molecule has 0 saturated carbocycles. The lowest BCUT2D eigenvalue weighted by atomic mass is 10.3. The second kappa shape index (κ2) is 7.46. The first kappa shape index (κ1) is 15.8. The van der Waals surface area contributed by atoms with E-state index in [9.17, 15) is 0 Å². The molecular formula is C17H23N5S. The number of benzene rings is 1. The summed E-state index contributed by atoms with van der Waals surface area (Å²) in [6.07, 6.45) is 1.12. The molecule has 23 heavy (non-hydrogen) atoms. The highest BCUT2D eigenvalue weighted by Gasteiger charge is 2.23. The van der Waals surface area contributed by atoms with Crippen LogP contribution in [0.15, 0.2) is 40.8 Å². The van der Waals surface area contributed by atoms with Crippen molar-refractivity contribution in [2.45, 2.75) is 25.9 Å². The molecule has 5 nitrogen and oxygen atoms in total. The zero-order chi connectivity index (χ0) is 16.1. The molecule has 0 spiro atoms. The number of hydrogen-bond acceptors (Lipinski definition) is 4. The van der Waals surface area contributed by atoms with Crippen molar-refractivity contribution in [2.24, 2.45) is 4.99 Å². The number of guanidine groups is 1. The van der Waals surface area contributed by atoms with Crippen LogP contribution in [0.4, 0.5) is 5.69 Å².